The summed E-state index contributed by atoms with van der Waals surface area (Å²) in [7, 11) is 0. The molecule has 0 bridgehead atoms. The summed E-state index contributed by atoms with van der Waals surface area (Å²) in [4.78, 5) is 2.80. The lowest BCUT2D eigenvalue weighted by atomic mass is 9.91. The second-order valence-corrected chi connectivity index (χ2v) is 6.98. The second-order valence-electron chi connectivity index (χ2n) is 6.98. The van der Waals surface area contributed by atoms with E-state index in [0.29, 0.717) is 11.0 Å². The molecule has 3 rings (SSSR count). The van der Waals surface area contributed by atoms with Gasteiger partial charge in [-0.1, -0.05) is 19.8 Å². The van der Waals surface area contributed by atoms with Gasteiger partial charge in [0.1, 0.15) is 0 Å². The van der Waals surface area contributed by atoms with Gasteiger partial charge >= 0.3 is 0 Å². The van der Waals surface area contributed by atoms with E-state index in [1.165, 1.54) is 64.6 Å². The number of piperazine rings is 1. The lowest BCUT2D eigenvalue weighted by Gasteiger charge is -2.46. The molecule has 2 nitrogen and oxygen atoms in total. The molecular formula is C15H28N2. The molecule has 0 aromatic rings. The fraction of sp³-hybridized carbons (Fsp3) is 1.00. The summed E-state index contributed by atoms with van der Waals surface area (Å²) in [6.45, 7) is 8.68. The van der Waals surface area contributed by atoms with Gasteiger partial charge in [0.2, 0.25) is 0 Å². The van der Waals surface area contributed by atoms with Gasteiger partial charge in [-0.2, -0.15) is 0 Å². The monoisotopic (exact) mass is 236 g/mol. The van der Waals surface area contributed by atoms with E-state index < -0.39 is 0 Å². The third-order valence-corrected chi connectivity index (χ3v) is 5.71. The summed E-state index contributed by atoms with van der Waals surface area (Å²) in [5.74, 6) is 0. The Morgan fingerprint density at radius 1 is 1.18 bits per heavy atom. The predicted molar refractivity (Wildman–Crippen MR) is 72.2 cm³/mol. The SMILES string of the molecule is CCC1(CN2CC3(CCCC3)NCC2C)CC1. The molecule has 1 aliphatic heterocycles. The van der Waals surface area contributed by atoms with Crippen molar-refractivity contribution in [3.8, 4) is 0 Å². The molecular weight excluding hydrogens is 208 g/mol. The summed E-state index contributed by atoms with van der Waals surface area (Å²) in [5, 5.41) is 3.86. The molecule has 2 saturated carbocycles. The first-order valence-electron chi connectivity index (χ1n) is 7.66. The molecule has 3 aliphatic rings. The van der Waals surface area contributed by atoms with Crippen molar-refractivity contribution >= 4 is 0 Å². The van der Waals surface area contributed by atoms with Crippen LogP contribution in [0, 0.1) is 5.41 Å². The molecule has 1 N–H and O–H groups in total. The van der Waals surface area contributed by atoms with Gasteiger partial charge < -0.3 is 5.32 Å². The molecule has 0 amide bonds. The molecule has 1 atom stereocenters. The van der Waals surface area contributed by atoms with Gasteiger partial charge in [0.25, 0.3) is 0 Å². The van der Waals surface area contributed by atoms with Crippen molar-refractivity contribution in [1.29, 1.82) is 0 Å². The zero-order valence-electron chi connectivity index (χ0n) is 11.6. The Bertz CT molecular complexity index is 277. The highest BCUT2D eigenvalue weighted by atomic mass is 15.3. The minimum absolute atomic E-state index is 0.496. The fourth-order valence-electron chi connectivity index (χ4n) is 3.92. The third kappa shape index (κ3) is 2.26. The van der Waals surface area contributed by atoms with Crippen LogP contribution >= 0.6 is 0 Å². The van der Waals surface area contributed by atoms with Crippen molar-refractivity contribution in [3.63, 3.8) is 0 Å². The van der Waals surface area contributed by atoms with E-state index >= 15 is 0 Å². The Hall–Kier alpha value is -0.0800. The van der Waals surface area contributed by atoms with Gasteiger partial charge in [0.15, 0.2) is 0 Å². The van der Waals surface area contributed by atoms with E-state index in [1.807, 2.05) is 0 Å². The average Bonchev–Trinajstić information content (AvgIpc) is 2.97. The van der Waals surface area contributed by atoms with Gasteiger partial charge in [0.05, 0.1) is 0 Å². The summed E-state index contributed by atoms with van der Waals surface area (Å²) in [6.07, 6.45) is 10.0. The number of hydrogen-bond donors (Lipinski definition) is 1. The predicted octanol–water partition coefficient (Wildman–Crippen LogP) is 2.78. The van der Waals surface area contributed by atoms with E-state index in [4.69, 9.17) is 0 Å². The van der Waals surface area contributed by atoms with E-state index in [1.54, 1.807) is 0 Å². The highest BCUT2D eigenvalue weighted by Crippen LogP contribution is 2.50. The first-order chi connectivity index (χ1) is 8.17. The molecule has 1 unspecified atom stereocenters. The Labute approximate surface area is 106 Å². The van der Waals surface area contributed by atoms with E-state index in [-0.39, 0.29) is 0 Å². The van der Waals surface area contributed by atoms with Crippen LogP contribution < -0.4 is 5.32 Å². The number of nitrogens with zero attached hydrogens (tertiary/aromatic N) is 1. The molecule has 17 heavy (non-hydrogen) atoms. The maximum Gasteiger partial charge on any atom is 0.0309 e. The topological polar surface area (TPSA) is 15.3 Å². The molecule has 3 fully saturated rings. The second kappa shape index (κ2) is 4.24. The van der Waals surface area contributed by atoms with Crippen LogP contribution in [-0.4, -0.2) is 36.1 Å². The van der Waals surface area contributed by atoms with E-state index in [0.717, 1.165) is 6.04 Å². The Morgan fingerprint density at radius 3 is 2.47 bits per heavy atom. The summed E-state index contributed by atoms with van der Waals surface area (Å²) in [5.41, 5.74) is 1.21. The Balaban J connectivity index is 1.65. The highest BCUT2D eigenvalue weighted by molar-refractivity contribution is 5.03. The van der Waals surface area contributed by atoms with Crippen molar-refractivity contribution in [2.24, 2.45) is 5.41 Å². The molecule has 0 aromatic heterocycles. The van der Waals surface area contributed by atoms with Gasteiger partial charge in [-0.25, -0.2) is 0 Å². The van der Waals surface area contributed by atoms with Crippen LogP contribution in [0.2, 0.25) is 0 Å². The van der Waals surface area contributed by atoms with Crippen LogP contribution in [0.25, 0.3) is 0 Å². The Kier molecular flexibility index (Phi) is 2.99. The lowest BCUT2D eigenvalue weighted by molar-refractivity contribution is 0.0690. The van der Waals surface area contributed by atoms with Crippen LogP contribution in [-0.2, 0) is 0 Å². The molecule has 1 spiro atoms. The van der Waals surface area contributed by atoms with Gasteiger partial charge in [0, 0.05) is 31.2 Å². The number of hydrogen-bond acceptors (Lipinski definition) is 2. The zero-order chi connectivity index (χ0) is 11.9. The largest absolute Gasteiger partial charge is 0.308 e. The molecule has 2 heteroatoms. The summed E-state index contributed by atoms with van der Waals surface area (Å²) < 4.78 is 0. The Morgan fingerprint density at radius 2 is 1.88 bits per heavy atom. The minimum Gasteiger partial charge on any atom is -0.308 e. The quantitative estimate of drug-likeness (QED) is 0.810. The van der Waals surface area contributed by atoms with Crippen LogP contribution in [0.1, 0.15) is 58.8 Å². The van der Waals surface area contributed by atoms with Crippen molar-refractivity contribution in [2.75, 3.05) is 19.6 Å². The number of rotatable bonds is 3. The third-order valence-electron chi connectivity index (χ3n) is 5.71. The lowest BCUT2D eigenvalue weighted by Crippen LogP contribution is -2.63. The molecule has 98 valence electrons. The zero-order valence-corrected chi connectivity index (χ0v) is 11.6. The van der Waals surface area contributed by atoms with Crippen molar-refractivity contribution in [2.45, 2.75) is 70.4 Å². The standard InChI is InChI=1S/C15H28N2/c1-3-14(8-9-14)11-17-12-15(6-4-5-7-15)16-10-13(17)2/h13,16H,3-12H2,1-2H3. The molecule has 1 saturated heterocycles. The maximum atomic E-state index is 3.86. The first kappa shape index (κ1) is 12.0. The van der Waals surface area contributed by atoms with Crippen LogP contribution in [0.5, 0.6) is 0 Å². The molecule has 2 aliphatic carbocycles. The van der Waals surface area contributed by atoms with E-state index in [2.05, 4.69) is 24.1 Å². The average molecular weight is 236 g/mol. The maximum absolute atomic E-state index is 3.86. The molecule has 0 radical (unpaired) electrons. The minimum atomic E-state index is 0.496. The van der Waals surface area contributed by atoms with Crippen LogP contribution in [0.15, 0.2) is 0 Å². The van der Waals surface area contributed by atoms with Gasteiger partial charge in [-0.3, -0.25) is 4.90 Å². The molecule has 1 heterocycles. The van der Waals surface area contributed by atoms with Crippen molar-refractivity contribution in [1.82, 2.24) is 10.2 Å². The highest BCUT2D eigenvalue weighted by Gasteiger charge is 2.46. The van der Waals surface area contributed by atoms with Gasteiger partial charge in [-0.05, 0) is 44.4 Å². The number of nitrogens with one attached hydrogen (secondary N) is 1. The fourth-order valence-corrected chi connectivity index (χ4v) is 3.92. The normalized spacial score (nSPS) is 35.3. The smallest absolute Gasteiger partial charge is 0.0309 e. The van der Waals surface area contributed by atoms with Crippen LogP contribution in [0.3, 0.4) is 0 Å². The van der Waals surface area contributed by atoms with Crippen molar-refractivity contribution in [3.05, 3.63) is 0 Å². The van der Waals surface area contributed by atoms with Gasteiger partial charge in [-0.15, -0.1) is 0 Å². The van der Waals surface area contributed by atoms with Crippen molar-refractivity contribution < 1.29 is 0 Å². The summed E-state index contributed by atoms with van der Waals surface area (Å²) in [6, 6.07) is 0.741. The summed E-state index contributed by atoms with van der Waals surface area (Å²) >= 11 is 0. The van der Waals surface area contributed by atoms with E-state index in [9.17, 15) is 0 Å². The van der Waals surface area contributed by atoms with Crippen LogP contribution in [0.4, 0.5) is 0 Å². The first-order valence-corrected chi connectivity index (χ1v) is 7.66. The molecule has 0 aromatic carbocycles.